The van der Waals surface area contributed by atoms with Crippen LogP contribution in [0, 0.1) is 0 Å². The van der Waals surface area contributed by atoms with Crippen LogP contribution in [-0.2, 0) is 6.18 Å². The number of aromatic nitrogens is 3. The number of nitrogens with zero attached hydrogens (tertiary/aromatic N) is 4. The minimum Gasteiger partial charge on any atom is -0.497 e. The molecule has 1 saturated heterocycles. The summed E-state index contributed by atoms with van der Waals surface area (Å²) >= 11 is 1.38. The summed E-state index contributed by atoms with van der Waals surface area (Å²) in [6.07, 6.45) is -4.25. The summed E-state index contributed by atoms with van der Waals surface area (Å²) < 4.78 is 47.6. The first-order chi connectivity index (χ1) is 18.1. The van der Waals surface area contributed by atoms with Gasteiger partial charge in [0.1, 0.15) is 5.75 Å². The standard InChI is InChI=1S/C27H27F3N4O3S/c1-15(2)24-22(16-5-4-6-19(13-16)37-3)31-26(38-24)34-21-8-7-17(27(28,29)30)14-20(21)23(32-34)25(36)33-11-9-18(35)10-12-33/h4-8,13-15,18,35H,9-12H2,1-3H3. The molecule has 1 fully saturated rings. The zero-order valence-electron chi connectivity index (χ0n) is 21.1. The molecule has 5 rings (SSSR count). The summed E-state index contributed by atoms with van der Waals surface area (Å²) in [6.45, 7) is 4.69. The number of ether oxygens (including phenoxy) is 1. The molecule has 2 aromatic heterocycles. The van der Waals surface area contributed by atoms with E-state index in [2.05, 4.69) is 5.10 Å². The van der Waals surface area contributed by atoms with Crippen LogP contribution in [0.4, 0.5) is 13.2 Å². The Morgan fingerprint density at radius 3 is 2.55 bits per heavy atom. The van der Waals surface area contributed by atoms with Gasteiger partial charge >= 0.3 is 6.18 Å². The fraction of sp³-hybridized carbons (Fsp3) is 0.370. The third kappa shape index (κ3) is 4.88. The highest BCUT2D eigenvalue weighted by Gasteiger charge is 2.33. The maximum Gasteiger partial charge on any atom is 0.416 e. The highest BCUT2D eigenvalue weighted by atomic mass is 32.1. The van der Waals surface area contributed by atoms with Crippen molar-refractivity contribution < 1.29 is 27.8 Å². The molecule has 0 saturated carbocycles. The van der Waals surface area contributed by atoms with E-state index in [1.807, 2.05) is 38.1 Å². The van der Waals surface area contributed by atoms with Crippen LogP contribution in [0.15, 0.2) is 42.5 Å². The number of alkyl halides is 3. The van der Waals surface area contributed by atoms with Crippen LogP contribution in [-0.4, -0.2) is 57.0 Å². The van der Waals surface area contributed by atoms with E-state index in [1.54, 1.807) is 7.11 Å². The normalized spacial score (nSPS) is 15.0. The van der Waals surface area contributed by atoms with Gasteiger partial charge in [0.25, 0.3) is 5.91 Å². The number of aliphatic hydroxyl groups is 1. The lowest BCUT2D eigenvalue weighted by Crippen LogP contribution is -2.40. The number of fused-ring (bicyclic) bond motifs is 1. The third-order valence-electron chi connectivity index (χ3n) is 6.65. The maximum absolute atomic E-state index is 13.6. The van der Waals surface area contributed by atoms with Crippen molar-refractivity contribution >= 4 is 28.1 Å². The Morgan fingerprint density at radius 1 is 1.16 bits per heavy atom. The number of thiazole rings is 1. The van der Waals surface area contributed by atoms with Crippen molar-refractivity contribution in [1.82, 2.24) is 19.7 Å². The second-order valence-corrected chi connectivity index (χ2v) is 10.6. The number of aliphatic hydroxyl groups excluding tert-OH is 1. The molecule has 1 aliphatic rings. The number of halogens is 3. The van der Waals surface area contributed by atoms with Gasteiger partial charge in [-0.25, -0.2) is 9.67 Å². The van der Waals surface area contributed by atoms with Gasteiger partial charge < -0.3 is 14.7 Å². The number of rotatable bonds is 5. The Morgan fingerprint density at radius 2 is 1.89 bits per heavy atom. The van der Waals surface area contributed by atoms with Crippen molar-refractivity contribution in [2.24, 2.45) is 0 Å². The van der Waals surface area contributed by atoms with E-state index >= 15 is 0 Å². The summed E-state index contributed by atoms with van der Waals surface area (Å²) in [5.41, 5.74) is 1.01. The van der Waals surface area contributed by atoms with Gasteiger partial charge in [0.2, 0.25) is 5.13 Å². The second-order valence-electron chi connectivity index (χ2n) is 9.61. The first kappa shape index (κ1) is 26.2. The molecule has 2 aromatic carbocycles. The van der Waals surface area contributed by atoms with Crippen LogP contribution in [0.5, 0.6) is 5.75 Å². The molecule has 7 nitrogen and oxygen atoms in total. The first-order valence-electron chi connectivity index (χ1n) is 12.3. The lowest BCUT2D eigenvalue weighted by molar-refractivity contribution is -0.137. The molecule has 0 atom stereocenters. The Hall–Kier alpha value is -3.44. The molecule has 0 radical (unpaired) electrons. The number of carbonyl (C=O) groups is 1. The maximum atomic E-state index is 13.6. The van der Waals surface area contributed by atoms with Crippen molar-refractivity contribution in [1.29, 1.82) is 0 Å². The molecule has 3 heterocycles. The first-order valence-corrected chi connectivity index (χ1v) is 13.1. The number of carbonyl (C=O) groups excluding carboxylic acids is 1. The minimum absolute atomic E-state index is 0.0632. The van der Waals surface area contributed by atoms with Gasteiger partial charge in [0, 0.05) is 28.9 Å². The third-order valence-corrected chi connectivity index (χ3v) is 7.98. The van der Waals surface area contributed by atoms with E-state index in [0.717, 1.165) is 28.3 Å². The molecular weight excluding hydrogens is 517 g/mol. The van der Waals surface area contributed by atoms with Crippen LogP contribution in [0.3, 0.4) is 0 Å². The molecule has 1 amide bonds. The summed E-state index contributed by atoms with van der Waals surface area (Å²) in [7, 11) is 1.58. The van der Waals surface area contributed by atoms with Crippen molar-refractivity contribution in [2.75, 3.05) is 20.2 Å². The SMILES string of the molecule is COc1cccc(-c2nc(-n3nc(C(=O)N4CCC(O)CC4)c4cc(C(F)(F)F)ccc43)sc2C(C)C)c1. The van der Waals surface area contributed by atoms with E-state index in [1.165, 1.54) is 27.0 Å². The molecule has 1 aliphatic heterocycles. The Labute approximate surface area is 221 Å². The number of methoxy groups -OCH3 is 1. The van der Waals surface area contributed by atoms with Crippen LogP contribution >= 0.6 is 11.3 Å². The summed E-state index contributed by atoms with van der Waals surface area (Å²) in [5.74, 6) is 0.325. The highest BCUT2D eigenvalue weighted by Crippen LogP contribution is 2.39. The smallest absolute Gasteiger partial charge is 0.416 e. The summed E-state index contributed by atoms with van der Waals surface area (Å²) in [4.78, 5) is 20.8. The molecule has 0 bridgehead atoms. The average Bonchev–Trinajstić information content (AvgIpc) is 3.50. The van der Waals surface area contributed by atoms with Gasteiger partial charge in [0.05, 0.1) is 30.0 Å². The minimum atomic E-state index is -4.57. The quantitative estimate of drug-likeness (QED) is 0.339. The van der Waals surface area contributed by atoms with Gasteiger partial charge in [-0.05, 0) is 49.1 Å². The van der Waals surface area contributed by atoms with E-state index in [9.17, 15) is 23.1 Å². The van der Waals surface area contributed by atoms with Gasteiger partial charge in [-0.1, -0.05) is 37.3 Å². The molecular formula is C27H27F3N4O3S. The average molecular weight is 545 g/mol. The number of benzene rings is 2. The number of hydrogen-bond donors (Lipinski definition) is 1. The van der Waals surface area contributed by atoms with Gasteiger partial charge in [0.15, 0.2) is 5.69 Å². The topological polar surface area (TPSA) is 80.5 Å². The van der Waals surface area contributed by atoms with E-state index in [4.69, 9.17) is 9.72 Å². The molecule has 4 aromatic rings. The van der Waals surface area contributed by atoms with Crippen molar-refractivity contribution in [3.05, 3.63) is 58.6 Å². The lowest BCUT2D eigenvalue weighted by Gasteiger charge is -2.29. The molecule has 0 aliphatic carbocycles. The molecule has 0 spiro atoms. The second kappa shape index (κ2) is 10.0. The predicted octanol–water partition coefficient (Wildman–Crippen LogP) is 5.90. The van der Waals surface area contributed by atoms with E-state index < -0.39 is 23.8 Å². The van der Waals surface area contributed by atoms with Crippen LogP contribution in [0.2, 0.25) is 0 Å². The van der Waals surface area contributed by atoms with Crippen molar-refractivity contribution in [2.45, 2.75) is 44.9 Å². The predicted molar refractivity (Wildman–Crippen MR) is 139 cm³/mol. The Balaban J connectivity index is 1.67. The van der Waals surface area contributed by atoms with Crippen molar-refractivity contribution in [3.8, 4) is 22.1 Å². The van der Waals surface area contributed by atoms with Crippen LogP contribution in [0.1, 0.15) is 53.5 Å². The lowest BCUT2D eigenvalue weighted by atomic mass is 10.1. The fourth-order valence-electron chi connectivity index (χ4n) is 4.60. The molecule has 1 N–H and O–H groups in total. The molecule has 0 unspecified atom stereocenters. The summed E-state index contributed by atoms with van der Waals surface area (Å²) in [6, 6.07) is 10.8. The van der Waals surface area contributed by atoms with Gasteiger partial charge in [-0.2, -0.15) is 18.3 Å². The summed E-state index contributed by atoms with van der Waals surface area (Å²) in [5, 5.41) is 14.9. The monoisotopic (exact) mass is 544 g/mol. The molecule has 200 valence electrons. The van der Waals surface area contributed by atoms with Gasteiger partial charge in [-0.15, -0.1) is 0 Å². The van der Waals surface area contributed by atoms with E-state index in [0.29, 0.717) is 42.3 Å². The zero-order chi connectivity index (χ0) is 27.2. The number of likely N-dealkylation sites (tertiary alicyclic amines) is 1. The van der Waals surface area contributed by atoms with Gasteiger partial charge in [-0.3, -0.25) is 4.79 Å². The highest BCUT2D eigenvalue weighted by molar-refractivity contribution is 7.14. The van der Waals surface area contributed by atoms with Crippen LogP contribution in [0.25, 0.3) is 27.3 Å². The van der Waals surface area contributed by atoms with E-state index in [-0.39, 0.29) is 17.0 Å². The van der Waals surface area contributed by atoms with Crippen LogP contribution < -0.4 is 4.74 Å². The number of amides is 1. The number of piperidine rings is 1. The largest absolute Gasteiger partial charge is 0.497 e. The Bertz CT molecular complexity index is 1490. The van der Waals surface area contributed by atoms with Crippen molar-refractivity contribution in [3.63, 3.8) is 0 Å². The molecule has 11 heteroatoms. The zero-order valence-corrected chi connectivity index (χ0v) is 21.9. The fourth-order valence-corrected chi connectivity index (χ4v) is 5.65. The Kier molecular flexibility index (Phi) is 6.91. The number of hydrogen-bond acceptors (Lipinski definition) is 6. The molecule has 38 heavy (non-hydrogen) atoms.